The van der Waals surface area contributed by atoms with Crippen LogP contribution in [0.5, 0.6) is 0 Å². The average molecular weight is 304 g/mol. The minimum Gasteiger partial charge on any atom is -0.311 e. The number of halogens is 1. The lowest BCUT2D eigenvalue weighted by atomic mass is 10.0. The van der Waals surface area contributed by atoms with Crippen LogP contribution < -0.4 is 5.32 Å². The summed E-state index contributed by atoms with van der Waals surface area (Å²) in [5.41, 5.74) is -0.0652. The molecule has 1 aromatic rings. The van der Waals surface area contributed by atoms with Crippen LogP contribution in [0.2, 0.25) is 5.02 Å². The van der Waals surface area contributed by atoms with Crippen molar-refractivity contribution in [1.82, 2.24) is 5.32 Å². The van der Waals surface area contributed by atoms with Crippen molar-refractivity contribution in [2.45, 2.75) is 49.8 Å². The predicted molar refractivity (Wildman–Crippen MR) is 80.5 cm³/mol. The molecule has 0 fully saturated rings. The summed E-state index contributed by atoms with van der Waals surface area (Å²) in [4.78, 5) is 0.209. The van der Waals surface area contributed by atoms with E-state index >= 15 is 0 Å². The molecule has 3 nitrogen and oxygen atoms in total. The smallest absolute Gasteiger partial charge is 0.183 e. The predicted octanol–water partition coefficient (Wildman–Crippen LogP) is 3.28. The third kappa shape index (κ3) is 4.20. The molecule has 0 spiro atoms. The Balaban J connectivity index is 2.87. The minimum absolute atomic E-state index is 0.0652. The molecule has 0 aliphatic rings. The summed E-state index contributed by atoms with van der Waals surface area (Å²) >= 11 is 5.97. The Bertz CT molecular complexity index is 526. The summed E-state index contributed by atoms with van der Waals surface area (Å²) in [7, 11) is -3.39. The molecule has 0 saturated carbocycles. The molecule has 108 valence electrons. The molecule has 0 aromatic heterocycles. The van der Waals surface area contributed by atoms with Gasteiger partial charge >= 0.3 is 0 Å². The Morgan fingerprint density at radius 3 is 2.42 bits per heavy atom. The van der Waals surface area contributed by atoms with Gasteiger partial charge in [0, 0.05) is 12.1 Å². The molecule has 0 amide bonds. The molecular formula is C14H22ClNO2S. The van der Waals surface area contributed by atoms with Gasteiger partial charge in [-0.1, -0.05) is 30.7 Å². The topological polar surface area (TPSA) is 46.2 Å². The Hall–Kier alpha value is -0.580. The van der Waals surface area contributed by atoms with Crippen molar-refractivity contribution >= 4 is 21.4 Å². The molecule has 0 saturated heterocycles. The summed E-state index contributed by atoms with van der Waals surface area (Å²) in [6, 6.07) is 6.57. The minimum atomic E-state index is -3.39. The maximum Gasteiger partial charge on any atom is 0.183 e. The highest BCUT2D eigenvalue weighted by atomic mass is 35.5. The molecule has 5 heteroatoms. The number of hydrogen-bond acceptors (Lipinski definition) is 3. The number of nitrogens with one attached hydrogen (secondary N) is 1. The largest absolute Gasteiger partial charge is 0.311 e. The zero-order valence-electron chi connectivity index (χ0n) is 11.9. The second-order valence-corrected chi connectivity index (χ2v) is 8.15. The number of hydrogen-bond donors (Lipinski definition) is 1. The normalized spacial score (nSPS) is 14.4. The lowest BCUT2D eigenvalue weighted by Gasteiger charge is -2.26. The van der Waals surface area contributed by atoms with E-state index in [-0.39, 0.29) is 15.5 Å². The lowest BCUT2D eigenvalue weighted by molar-refractivity contribution is 0.377. The molecule has 1 unspecified atom stereocenters. The van der Waals surface area contributed by atoms with Crippen LogP contribution in [0.15, 0.2) is 29.2 Å². The van der Waals surface area contributed by atoms with Crippen LogP contribution in [0.4, 0.5) is 0 Å². The molecule has 0 aliphatic carbocycles. The van der Waals surface area contributed by atoms with Crippen LogP contribution in [0, 0.1) is 0 Å². The third-order valence-corrected chi connectivity index (χ3v) is 6.06. The van der Waals surface area contributed by atoms with Crippen molar-refractivity contribution in [2.24, 2.45) is 0 Å². The first-order chi connectivity index (χ1) is 8.70. The number of benzene rings is 1. The fourth-order valence-electron chi connectivity index (χ4n) is 1.55. The molecule has 19 heavy (non-hydrogen) atoms. The lowest BCUT2D eigenvalue weighted by Crippen LogP contribution is -2.44. The molecule has 0 aliphatic heterocycles. The summed E-state index contributed by atoms with van der Waals surface area (Å²) in [5.74, 6) is 0. The van der Waals surface area contributed by atoms with E-state index < -0.39 is 15.1 Å². The van der Waals surface area contributed by atoms with Crippen molar-refractivity contribution in [1.29, 1.82) is 0 Å². The Kier molecular flexibility index (Phi) is 5.42. The molecule has 1 aromatic carbocycles. The van der Waals surface area contributed by atoms with Crippen LogP contribution >= 0.6 is 11.6 Å². The van der Waals surface area contributed by atoms with E-state index in [1.54, 1.807) is 31.2 Å². The third-order valence-electron chi connectivity index (χ3n) is 3.42. The van der Waals surface area contributed by atoms with Crippen LogP contribution in [0.3, 0.4) is 0 Å². The van der Waals surface area contributed by atoms with Gasteiger partial charge in [-0.05, 0) is 39.3 Å². The van der Waals surface area contributed by atoms with Gasteiger partial charge in [0.05, 0.1) is 15.2 Å². The van der Waals surface area contributed by atoms with Crippen LogP contribution in [-0.2, 0) is 9.84 Å². The highest BCUT2D eigenvalue weighted by molar-refractivity contribution is 7.92. The van der Waals surface area contributed by atoms with E-state index in [1.807, 2.05) is 0 Å². The summed E-state index contributed by atoms with van der Waals surface area (Å²) in [5, 5.41) is 3.05. The van der Waals surface area contributed by atoms with Gasteiger partial charge in [0.25, 0.3) is 0 Å². The van der Waals surface area contributed by atoms with Crippen molar-refractivity contribution in [3.05, 3.63) is 29.3 Å². The first-order valence-corrected chi connectivity index (χ1v) is 8.36. The van der Waals surface area contributed by atoms with Crippen LogP contribution in [0.1, 0.15) is 34.1 Å². The molecule has 0 radical (unpaired) electrons. The summed E-state index contributed by atoms with van der Waals surface area (Å²) in [6.07, 6.45) is 0.936. The monoisotopic (exact) mass is 303 g/mol. The number of rotatable bonds is 6. The molecule has 1 N–H and O–H groups in total. The van der Waals surface area contributed by atoms with E-state index in [0.717, 1.165) is 6.42 Å². The fraction of sp³-hybridized carbons (Fsp3) is 0.571. The van der Waals surface area contributed by atoms with E-state index in [4.69, 9.17) is 11.6 Å². The van der Waals surface area contributed by atoms with Crippen molar-refractivity contribution in [3.8, 4) is 0 Å². The van der Waals surface area contributed by atoms with Gasteiger partial charge in [-0.2, -0.15) is 0 Å². The van der Waals surface area contributed by atoms with Crippen LogP contribution in [-0.4, -0.2) is 25.8 Å². The van der Waals surface area contributed by atoms with Gasteiger partial charge < -0.3 is 5.32 Å². The molecule has 0 bridgehead atoms. The van der Waals surface area contributed by atoms with Crippen molar-refractivity contribution in [3.63, 3.8) is 0 Å². The standard InChI is InChI=1S/C14H22ClNO2S/c1-5-14(3,4)16-10-11(2)19(17,18)13-9-7-6-8-12(13)15/h6-9,11,16H,5,10H2,1-4H3. The second-order valence-electron chi connectivity index (χ2n) is 5.40. The SMILES string of the molecule is CCC(C)(C)NCC(C)S(=O)(=O)c1ccccc1Cl. The summed E-state index contributed by atoms with van der Waals surface area (Å²) in [6.45, 7) is 8.30. The Morgan fingerprint density at radius 2 is 1.89 bits per heavy atom. The molecule has 1 rings (SSSR count). The summed E-state index contributed by atoms with van der Waals surface area (Å²) < 4.78 is 24.9. The van der Waals surface area contributed by atoms with Gasteiger partial charge in [-0.15, -0.1) is 0 Å². The molecular weight excluding hydrogens is 282 g/mol. The maximum absolute atomic E-state index is 12.4. The number of sulfone groups is 1. The van der Waals surface area contributed by atoms with Crippen LogP contribution in [0.25, 0.3) is 0 Å². The van der Waals surface area contributed by atoms with Gasteiger partial charge in [0.1, 0.15) is 0 Å². The average Bonchev–Trinajstić information content (AvgIpc) is 2.36. The quantitative estimate of drug-likeness (QED) is 0.877. The highest BCUT2D eigenvalue weighted by Gasteiger charge is 2.27. The van der Waals surface area contributed by atoms with E-state index in [9.17, 15) is 8.42 Å². The fourth-order valence-corrected chi connectivity index (χ4v) is 3.35. The van der Waals surface area contributed by atoms with E-state index in [2.05, 4.69) is 26.1 Å². The zero-order chi connectivity index (χ0) is 14.7. The van der Waals surface area contributed by atoms with E-state index in [0.29, 0.717) is 6.54 Å². The molecule has 1 atom stereocenters. The highest BCUT2D eigenvalue weighted by Crippen LogP contribution is 2.24. The Morgan fingerprint density at radius 1 is 1.32 bits per heavy atom. The molecule has 0 heterocycles. The van der Waals surface area contributed by atoms with Gasteiger partial charge in [0.15, 0.2) is 9.84 Å². The van der Waals surface area contributed by atoms with Crippen molar-refractivity contribution < 1.29 is 8.42 Å². The Labute approximate surface area is 121 Å². The first kappa shape index (κ1) is 16.5. The zero-order valence-corrected chi connectivity index (χ0v) is 13.5. The van der Waals surface area contributed by atoms with Gasteiger partial charge in [-0.25, -0.2) is 8.42 Å². The maximum atomic E-state index is 12.4. The first-order valence-electron chi connectivity index (χ1n) is 6.44. The van der Waals surface area contributed by atoms with Crippen molar-refractivity contribution in [2.75, 3.05) is 6.54 Å². The van der Waals surface area contributed by atoms with Gasteiger partial charge in [0.2, 0.25) is 0 Å². The second kappa shape index (κ2) is 6.25. The van der Waals surface area contributed by atoms with E-state index in [1.165, 1.54) is 0 Å². The van der Waals surface area contributed by atoms with Gasteiger partial charge in [-0.3, -0.25) is 0 Å².